The van der Waals surface area contributed by atoms with Crippen LogP contribution in [0.4, 0.5) is 17.5 Å². The minimum atomic E-state index is -0.0135. The first-order valence-electron chi connectivity index (χ1n) is 9.15. The lowest BCUT2D eigenvalue weighted by molar-refractivity contribution is 0.587. The van der Waals surface area contributed by atoms with Crippen LogP contribution >= 0.6 is 0 Å². The van der Waals surface area contributed by atoms with E-state index >= 15 is 0 Å². The van der Waals surface area contributed by atoms with Gasteiger partial charge in [-0.15, -0.1) is 0 Å². The monoisotopic (exact) mass is 368 g/mol. The normalized spacial score (nSPS) is 12.7. The van der Waals surface area contributed by atoms with Crippen molar-refractivity contribution in [1.29, 1.82) is 0 Å². The molecule has 0 saturated heterocycles. The summed E-state index contributed by atoms with van der Waals surface area (Å²) in [4.78, 5) is 13.7. The van der Waals surface area contributed by atoms with E-state index in [9.17, 15) is 0 Å². The zero-order valence-corrected chi connectivity index (χ0v) is 16.3. The van der Waals surface area contributed by atoms with E-state index in [2.05, 4.69) is 39.8 Å². The highest BCUT2D eigenvalue weighted by atomic mass is 15.2. The summed E-state index contributed by atoms with van der Waals surface area (Å²) in [5.74, 6) is 1.67. The smallest absolute Gasteiger partial charge is 0.226 e. The molecule has 0 aliphatic heterocycles. The third-order valence-electron chi connectivity index (χ3n) is 4.39. The van der Waals surface area contributed by atoms with Gasteiger partial charge in [-0.25, -0.2) is 4.98 Å². The van der Waals surface area contributed by atoms with Gasteiger partial charge in [-0.2, -0.15) is 9.97 Å². The Bertz CT molecular complexity index is 958. The Hall–Kier alpha value is -2.87. The highest BCUT2D eigenvalue weighted by Gasteiger charge is 2.19. The average Bonchev–Trinajstić information content (AvgIpc) is 2.95. The number of anilines is 3. The van der Waals surface area contributed by atoms with Crippen molar-refractivity contribution in [3.05, 3.63) is 35.2 Å². The van der Waals surface area contributed by atoms with Crippen molar-refractivity contribution in [3.63, 3.8) is 0 Å². The highest BCUT2D eigenvalue weighted by Crippen LogP contribution is 2.27. The number of nitrogens with two attached hydrogens (primary N) is 3. The van der Waals surface area contributed by atoms with Crippen LogP contribution in [0, 0.1) is 6.92 Å². The van der Waals surface area contributed by atoms with Gasteiger partial charge in [0.2, 0.25) is 5.95 Å². The first-order chi connectivity index (χ1) is 12.8. The topological polar surface area (TPSA) is 134 Å². The average molecular weight is 368 g/mol. The maximum absolute atomic E-state index is 6.17. The molecule has 0 aliphatic carbocycles. The Morgan fingerprint density at radius 3 is 2.52 bits per heavy atom. The number of hydrogen-bond donors (Lipinski definition) is 4. The molecule has 0 bridgehead atoms. The minimum Gasteiger partial charge on any atom is -0.398 e. The molecule has 7 N–H and O–H groups in total. The van der Waals surface area contributed by atoms with Crippen molar-refractivity contribution < 1.29 is 0 Å². The second kappa shape index (κ2) is 7.40. The van der Waals surface area contributed by atoms with Gasteiger partial charge in [0, 0.05) is 30.7 Å². The van der Waals surface area contributed by atoms with E-state index in [0.717, 1.165) is 22.6 Å². The van der Waals surface area contributed by atoms with E-state index in [1.165, 1.54) is 0 Å². The number of nitrogens with one attached hydrogen (secondary N) is 1. The van der Waals surface area contributed by atoms with Gasteiger partial charge in [0.15, 0.2) is 17.0 Å². The first kappa shape index (κ1) is 18.9. The summed E-state index contributed by atoms with van der Waals surface area (Å²) in [5, 5.41) is 3.13. The molecule has 8 nitrogen and oxygen atoms in total. The predicted molar refractivity (Wildman–Crippen MR) is 111 cm³/mol. The largest absolute Gasteiger partial charge is 0.398 e. The van der Waals surface area contributed by atoms with Gasteiger partial charge < -0.3 is 27.1 Å². The Balaban J connectivity index is 2.09. The second-order valence-electron chi connectivity index (χ2n) is 7.33. The Labute approximate surface area is 159 Å². The number of aromatic nitrogens is 4. The van der Waals surface area contributed by atoms with E-state index in [4.69, 9.17) is 22.2 Å². The fourth-order valence-corrected chi connectivity index (χ4v) is 3.10. The minimum absolute atomic E-state index is 0.0135. The van der Waals surface area contributed by atoms with Crippen LogP contribution in [0.2, 0.25) is 0 Å². The number of nitrogens with zero attached hydrogens (tertiary/aromatic N) is 4. The SMILES string of the molecule is Cc1ccc(N)c(Cc2nc3c(N)nc(NCC(C)N)nc3n2C(C)C)c1. The van der Waals surface area contributed by atoms with Gasteiger partial charge >= 0.3 is 0 Å². The highest BCUT2D eigenvalue weighted by molar-refractivity contribution is 5.83. The molecule has 0 aliphatic rings. The molecule has 8 heteroatoms. The third kappa shape index (κ3) is 3.95. The van der Waals surface area contributed by atoms with Gasteiger partial charge in [-0.05, 0) is 39.3 Å². The van der Waals surface area contributed by atoms with Gasteiger partial charge in [0.25, 0.3) is 0 Å². The molecule has 1 aromatic carbocycles. The van der Waals surface area contributed by atoms with Crippen molar-refractivity contribution >= 4 is 28.6 Å². The van der Waals surface area contributed by atoms with Gasteiger partial charge in [-0.1, -0.05) is 17.7 Å². The third-order valence-corrected chi connectivity index (χ3v) is 4.39. The lowest BCUT2D eigenvalue weighted by Gasteiger charge is -2.14. The van der Waals surface area contributed by atoms with E-state index in [0.29, 0.717) is 35.9 Å². The lowest BCUT2D eigenvalue weighted by Crippen LogP contribution is -2.26. The summed E-state index contributed by atoms with van der Waals surface area (Å²) in [7, 11) is 0. The molecular formula is C19H28N8. The first-order valence-corrected chi connectivity index (χ1v) is 9.15. The lowest BCUT2D eigenvalue weighted by atomic mass is 10.1. The van der Waals surface area contributed by atoms with Crippen molar-refractivity contribution in [3.8, 4) is 0 Å². The molecule has 2 aromatic heterocycles. The van der Waals surface area contributed by atoms with Crippen LogP contribution in [0.15, 0.2) is 18.2 Å². The maximum Gasteiger partial charge on any atom is 0.226 e. The summed E-state index contributed by atoms with van der Waals surface area (Å²) in [6.45, 7) is 8.72. The number of imidazole rings is 1. The zero-order valence-electron chi connectivity index (χ0n) is 16.3. The number of hydrogen-bond acceptors (Lipinski definition) is 7. The van der Waals surface area contributed by atoms with Gasteiger partial charge in [0.1, 0.15) is 5.82 Å². The summed E-state index contributed by atoms with van der Waals surface area (Å²) in [5.41, 5.74) is 22.4. The number of aryl methyl sites for hydroxylation is 1. The van der Waals surface area contributed by atoms with Crippen LogP contribution in [0.5, 0.6) is 0 Å². The molecule has 3 aromatic rings. The van der Waals surface area contributed by atoms with Crippen LogP contribution in [-0.2, 0) is 6.42 Å². The molecular weight excluding hydrogens is 340 g/mol. The van der Waals surface area contributed by atoms with Crippen LogP contribution in [0.3, 0.4) is 0 Å². The van der Waals surface area contributed by atoms with Gasteiger partial charge in [-0.3, -0.25) is 0 Å². The number of rotatable bonds is 6. The molecule has 2 heterocycles. The number of benzene rings is 1. The summed E-state index contributed by atoms with van der Waals surface area (Å²) in [6, 6.07) is 6.16. The van der Waals surface area contributed by atoms with Crippen LogP contribution in [0.1, 0.15) is 43.8 Å². The standard InChI is InChI=1S/C19H28N8/c1-10(2)27-15(8-13-7-11(3)5-6-14(13)21)24-16-17(22)25-19(26-18(16)27)23-9-12(4)20/h5-7,10,12H,8-9,20-21H2,1-4H3,(H3,22,23,25,26). The zero-order chi connectivity index (χ0) is 19.7. The van der Waals surface area contributed by atoms with Crippen LogP contribution < -0.4 is 22.5 Å². The molecule has 3 rings (SSSR count). The van der Waals surface area contributed by atoms with Crippen molar-refractivity contribution in [2.24, 2.45) is 5.73 Å². The van der Waals surface area contributed by atoms with E-state index in [1.807, 2.05) is 26.0 Å². The molecule has 1 atom stereocenters. The molecule has 1 unspecified atom stereocenters. The van der Waals surface area contributed by atoms with Crippen LogP contribution in [0.25, 0.3) is 11.2 Å². The second-order valence-corrected chi connectivity index (χ2v) is 7.33. The Kier molecular flexibility index (Phi) is 5.18. The quantitative estimate of drug-likeness (QED) is 0.490. The van der Waals surface area contributed by atoms with Crippen molar-refractivity contribution in [1.82, 2.24) is 19.5 Å². The molecule has 0 radical (unpaired) electrons. The predicted octanol–water partition coefficient (Wildman–Crippen LogP) is 2.23. The fraction of sp³-hybridized carbons (Fsp3) is 0.421. The van der Waals surface area contributed by atoms with Gasteiger partial charge in [0.05, 0.1) is 0 Å². The van der Waals surface area contributed by atoms with Crippen molar-refractivity contribution in [2.75, 3.05) is 23.3 Å². The van der Waals surface area contributed by atoms with E-state index in [-0.39, 0.29) is 12.1 Å². The Morgan fingerprint density at radius 2 is 1.85 bits per heavy atom. The van der Waals surface area contributed by atoms with Crippen molar-refractivity contribution in [2.45, 2.75) is 46.2 Å². The summed E-state index contributed by atoms with van der Waals surface area (Å²) in [6.07, 6.45) is 0.601. The molecule has 0 amide bonds. The van der Waals surface area contributed by atoms with E-state index in [1.54, 1.807) is 0 Å². The van der Waals surface area contributed by atoms with Crippen LogP contribution in [-0.4, -0.2) is 32.1 Å². The maximum atomic E-state index is 6.17. The number of nitrogen functional groups attached to an aromatic ring is 2. The summed E-state index contributed by atoms with van der Waals surface area (Å²) >= 11 is 0. The molecule has 27 heavy (non-hydrogen) atoms. The fourth-order valence-electron chi connectivity index (χ4n) is 3.10. The molecule has 0 saturated carbocycles. The Morgan fingerprint density at radius 1 is 1.11 bits per heavy atom. The molecule has 0 spiro atoms. The number of fused-ring (bicyclic) bond motifs is 1. The summed E-state index contributed by atoms with van der Waals surface area (Å²) < 4.78 is 2.09. The molecule has 0 fully saturated rings. The van der Waals surface area contributed by atoms with E-state index < -0.39 is 0 Å². The molecule has 144 valence electrons.